The fourth-order valence-electron chi connectivity index (χ4n) is 3.90. The summed E-state index contributed by atoms with van der Waals surface area (Å²) in [6, 6.07) is -1.52. The molecule has 0 radical (unpaired) electrons. The maximum absolute atomic E-state index is 13.3. The predicted octanol–water partition coefficient (Wildman–Crippen LogP) is 6.27. The Bertz CT molecular complexity index is 776. The second kappa shape index (κ2) is 14.5. The van der Waals surface area contributed by atoms with Crippen LogP contribution in [0.5, 0.6) is 0 Å². The smallest absolute Gasteiger partial charge is 0.420 e. The number of esters is 1. The summed E-state index contributed by atoms with van der Waals surface area (Å²) in [6.07, 6.45) is -8.02. The standard InChI is InChI=1S/C27H46F3NO8/c1-17(2)11-12-19-15-35-16-20(22(32)37-18(3)21(19)36-14-10-13-27(28,29)30)31(23(33)38-25(4,5)6)24(34)39-26(7,8)9/h17-21H,10-16H2,1-9H3/t18-,19-,20-,21-/m0/s1. The van der Waals surface area contributed by atoms with Crippen LogP contribution in [0, 0.1) is 11.8 Å². The quantitative estimate of drug-likeness (QED) is 0.192. The van der Waals surface area contributed by atoms with Crippen LogP contribution in [0.2, 0.25) is 0 Å². The number of ether oxygens (including phenoxy) is 5. The Hall–Kier alpha value is -2.08. The van der Waals surface area contributed by atoms with Crippen LogP contribution in [0.15, 0.2) is 0 Å². The lowest BCUT2D eigenvalue weighted by Crippen LogP contribution is -2.54. The zero-order chi connectivity index (χ0) is 30.2. The molecule has 228 valence electrons. The van der Waals surface area contributed by atoms with Gasteiger partial charge in [-0.05, 0) is 67.2 Å². The van der Waals surface area contributed by atoms with E-state index in [2.05, 4.69) is 0 Å². The van der Waals surface area contributed by atoms with Gasteiger partial charge in [-0.25, -0.2) is 14.4 Å². The molecule has 12 heteroatoms. The van der Waals surface area contributed by atoms with Gasteiger partial charge in [-0.1, -0.05) is 20.3 Å². The topological polar surface area (TPSA) is 101 Å². The third-order valence-electron chi connectivity index (χ3n) is 5.63. The minimum absolute atomic E-state index is 0.0740. The van der Waals surface area contributed by atoms with Crippen molar-refractivity contribution < 1.29 is 51.2 Å². The van der Waals surface area contributed by atoms with Crippen molar-refractivity contribution in [2.45, 2.75) is 124 Å². The predicted molar refractivity (Wildman–Crippen MR) is 137 cm³/mol. The second-order valence-corrected chi connectivity index (χ2v) is 12.3. The molecule has 39 heavy (non-hydrogen) atoms. The number of nitrogens with zero attached hydrogens (tertiary/aromatic N) is 1. The van der Waals surface area contributed by atoms with Gasteiger partial charge in [-0.2, -0.15) is 18.1 Å². The second-order valence-electron chi connectivity index (χ2n) is 12.3. The number of carbonyl (C=O) groups excluding carboxylic acids is 3. The van der Waals surface area contributed by atoms with E-state index in [0.29, 0.717) is 17.2 Å². The van der Waals surface area contributed by atoms with E-state index in [0.717, 1.165) is 6.42 Å². The monoisotopic (exact) mass is 569 g/mol. The molecule has 0 unspecified atom stereocenters. The fraction of sp³-hybridized carbons (Fsp3) is 0.889. The molecule has 0 aromatic rings. The van der Waals surface area contributed by atoms with Crippen LogP contribution >= 0.6 is 0 Å². The van der Waals surface area contributed by atoms with Crippen LogP contribution in [-0.4, -0.2) is 78.5 Å². The van der Waals surface area contributed by atoms with Crippen LogP contribution in [0.3, 0.4) is 0 Å². The fourth-order valence-corrected chi connectivity index (χ4v) is 3.90. The van der Waals surface area contributed by atoms with Crippen molar-refractivity contribution >= 4 is 18.2 Å². The highest BCUT2D eigenvalue weighted by atomic mass is 19.4. The zero-order valence-corrected chi connectivity index (χ0v) is 24.7. The van der Waals surface area contributed by atoms with Crippen molar-refractivity contribution in [1.29, 1.82) is 0 Å². The number of rotatable bonds is 8. The molecule has 2 amide bonds. The van der Waals surface area contributed by atoms with Crippen LogP contribution in [0.1, 0.15) is 88.0 Å². The first-order valence-electron chi connectivity index (χ1n) is 13.4. The van der Waals surface area contributed by atoms with Crippen molar-refractivity contribution in [3.63, 3.8) is 0 Å². The first kappa shape index (κ1) is 34.9. The highest BCUT2D eigenvalue weighted by Gasteiger charge is 2.44. The first-order chi connectivity index (χ1) is 17.7. The van der Waals surface area contributed by atoms with Gasteiger partial charge in [0.05, 0.1) is 19.3 Å². The molecule has 0 spiro atoms. The molecule has 1 aliphatic rings. The highest BCUT2D eigenvalue weighted by molar-refractivity contribution is 5.94. The van der Waals surface area contributed by atoms with E-state index in [9.17, 15) is 27.6 Å². The lowest BCUT2D eigenvalue weighted by molar-refractivity contribution is -0.165. The number of hydrogen-bond donors (Lipinski definition) is 0. The zero-order valence-electron chi connectivity index (χ0n) is 24.7. The molecule has 1 fully saturated rings. The Morgan fingerprint density at radius 3 is 2.00 bits per heavy atom. The minimum Gasteiger partial charge on any atom is -0.458 e. The largest absolute Gasteiger partial charge is 0.458 e. The summed E-state index contributed by atoms with van der Waals surface area (Å²) >= 11 is 0. The summed E-state index contributed by atoms with van der Waals surface area (Å²) in [5.41, 5.74) is -1.96. The van der Waals surface area contributed by atoms with E-state index < -0.39 is 60.2 Å². The summed E-state index contributed by atoms with van der Waals surface area (Å²) in [7, 11) is 0. The molecule has 0 aromatic carbocycles. The van der Waals surface area contributed by atoms with Crippen molar-refractivity contribution in [2.24, 2.45) is 11.8 Å². The summed E-state index contributed by atoms with van der Waals surface area (Å²) in [6.45, 7) is 14.8. The van der Waals surface area contributed by atoms with Crippen LogP contribution in [0.25, 0.3) is 0 Å². The van der Waals surface area contributed by atoms with Crippen molar-refractivity contribution in [3.8, 4) is 0 Å². The van der Waals surface area contributed by atoms with E-state index in [1.807, 2.05) is 13.8 Å². The Labute approximate surface area is 230 Å². The minimum atomic E-state index is -4.31. The Kier molecular flexibility index (Phi) is 13.0. The van der Waals surface area contributed by atoms with E-state index >= 15 is 0 Å². The van der Waals surface area contributed by atoms with E-state index in [1.54, 1.807) is 48.5 Å². The number of alkyl halides is 3. The third-order valence-corrected chi connectivity index (χ3v) is 5.63. The van der Waals surface area contributed by atoms with E-state index in [4.69, 9.17) is 23.7 Å². The van der Waals surface area contributed by atoms with Gasteiger partial charge in [-0.15, -0.1) is 0 Å². The van der Waals surface area contributed by atoms with Crippen LogP contribution < -0.4 is 0 Å². The molecule has 0 aliphatic carbocycles. The number of hydrogen-bond acceptors (Lipinski definition) is 8. The van der Waals surface area contributed by atoms with Crippen molar-refractivity contribution in [1.82, 2.24) is 4.90 Å². The van der Waals surface area contributed by atoms with Crippen LogP contribution in [-0.2, 0) is 28.5 Å². The molecular formula is C27H46F3NO8. The van der Waals surface area contributed by atoms with E-state index in [-0.39, 0.29) is 32.2 Å². The average molecular weight is 570 g/mol. The number of imide groups is 1. The molecule has 0 saturated carbocycles. The molecule has 1 rings (SSSR count). The number of cyclic esters (lactones) is 1. The van der Waals surface area contributed by atoms with Gasteiger partial charge in [-0.3, -0.25) is 0 Å². The maximum Gasteiger partial charge on any atom is 0.420 e. The Morgan fingerprint density at radius 1 is 1.00 bits per heavy atom. The van der Waals surface area contributed by atoms with E-state index in [1.165, 1.54) is 0 Å². The number of amides is 2. The molecule has 1 saturated heterocycles. The average Bonchev–Trinajstić information content (AvgIpc) is 2.76. The summed E-state index contributed by atoms with van der Waals surface area (Å²) in [5, 5.41) is 0. The molecule has 1 heterocycles. The number of carbonyl (C=O) groups is 3. The Morgan fingerprint density at radius 2 is 1.54 bits per heavy atom. The van der Waals surface area contributed by atoms with Crippen LogP contribution in [0.4, 0.5) is 22.8 Å². The normalized spacial score (nSPS) is 23.4. The molecule has 9 nitrogen and oxygen atoms in total. The van der Waals surface area contributed by atoms with Crippen molar-refractivity contribution in [2.75, 3.05) is 19.8 Å². The molecule has 0 N–H and O–H groups in total. The molecule has 0 aromatic heterocycles. The van der Waals surface area contributed by atoms with Crippen molar-refractivity contribution in [3.05, 3.63) is 0 Å². The molecule has 0 bridgehead atoms. The van der Waals surface area contributed by atoms with Gasteiger partial charge in [0, 0.05) is 18.9 Å². The third kappa shape index (κ3) is 13.7. The SMILES string of the molecule is CC(C)CC[C@H]1COC[C@H](N(C(=O)OC(C)(C)C)C(=O)OC(C)(C)C)C(=O)O[C@@H](C)[C@@H]1OCCCC(F)(F)F. The highest BCUT2D eigenvalue weighted by Crippen LogP contribution is 2.27. The lowest BCUT2D eigenvalue weighted by atomic mass is 9.91. The number of halogens is 3. The lowest BCUT2D eigenvalue weighted by Gasteiger charge is -2.33. The van der Waals surface area contributed by atoms with Gasteiger partial charge in [0.25, 0.3) is 0 Å². The summed E-state index contributed by atoms with van der Waals surface area (Å²) in [4.78, 5) is 40.0. The van der Waals surface area contributed by atoms with Gasteiger partial charge < -0.3 is 23.7 Å². The van der Waals surface area contributed by atoms with Gasteiger partial charge in [0.15, 0.2) is 6.04 Å². The first-order valence-corrected chi connectivity index (χ1v) is 13.4. The maximum atomic E-state index is 13.3. The molecule has 1 aliphatic heterocycles. The van der Waals surface area contributed by atoms with Gasteiger partial charge >= 0.3 is 24.3 Å². The summed E-state index contributed by atoms with van der Waals surface area (Å²) in [5.74, 6) is -0.923. The Balaban J connectivity index is 3.26. The molecule has 4 atom stereocenters. The molecular weight excluding hydrogens is 523 g/mol. The van der Waals surface area contributed by atoms with Gasteiger partial charge in [0.1, 0.15) is 17.3 Å². The summed E-state index contributed by atoms with van der Waals surface area (Å²) < 4.78 is 66.0. The van der Waals surface area contributed by atoms with Gasteiger partial charge in [0.2, 0.25) is 0 Å².